The fourth-order valence-electron chi connectivity index (χ4n) is 1.61. The van der Waals surface area contributed by atoms with E-state index in [9.17, 15) is 4.39 Å². The van der Waals surface area contributed by atoms with Crippen LogP contribution in [0.15, 0.2) is 36.9 Å². The van der Waals surface area contributed by atoms with Crippen LogP contribution in [0.25, 0.3) is 0 Å². The lowest BCUT2D eigenvalue weighted by Gasteiger charge is -2.39. The van der Waals surface area contributed by atoms with Crippen LogP contribution in [-0.4, -0.2) is 8.32 Å². The van der Waals surface area contributed by atoms with Crippen LogP contribution in [0.2, 0.25) is 18.1 Å². The van der Waals surface area contributed by atoms with Gasteiger partial charge >= 0.3 is 0 Å². The molecule has 19 heavy (non-hydrogen) atoms. The maximum atomic E-state index is 13.0. The fourth-order valence-corrected chi connectivity index (χ4v) is 2.91. The summed E-state index contributed by atoms with van der Waals surface area (Å²) in [6.45, 7) is 14.9. The second-order valence-electron chi connectivity index (χ2n) is 6.44. The fraction of sp³-hybridized carbons (Fsp3) is 0.500. The van der Waals surface area contributed by atoms with Gasteiger partial charge in [0.15, 0.2) is 8.32 Å². The minimum absolute atomic E-state index is 0.0287. The van der Waals surface area contributed by atoms with Gasteiger partial charge in [-0.05, 0) is 42.2 Å². The normalized spacial score (nSPS) is 14.2. The Bertz CT molecular complexity index is 417. The molecule has 0 aliphatic carbocycles. The molecular weight excluding hydrogens is 255 g/mol. The largest absolute Gasteiger partial charge is 0.410 e. The van der Waals surface area contributed by atoms with Crippen molar-refractivity contribution in [2.24, 2.45) is 0 Å². The molecule has 0 fully saturated rings. The molecule has 0 aliphatic heterocycles. The Morgan fingerprint density at radius 2 is 1.79 bits per heavy atom. The van der Waals surface area contributed by atoms with Gasteiger partial charge < -0.3 is 4.43 Å². The van der Waals surface area contributed by atoms with Crippen LogP contribution in [0.3, 0.4) is 0 Å². The Labute approximate surface area is 117 Å². The second-order valence-corrected chi connectivity index (χ2v) is 11.2. The van der Waals surface area contributed by atoms with Gasteiger partial charge in [-0.15, -0.1) is 6.58 Å². The first-order chi connectivity index (χ1) is 8.67. The first kappa shape index (κ1) is 16.1. The molecule has 106 valence electrons. The smallest absolute Gasteiger partial charge is 0.192 e. The van der Waals surface area contributed by atoms with E-state index in [1.807, 2.05) is 6.08 Å². The van der Waals surface area contributed by atoms with E-state index >= 15 is 0 Å². The quantitative estimate of drug-likeness (QED) is 0.513. The summed E-state index contributed by atoms with van der Waals surface area (Å²) in [4.78, 5) is 0. The summed E-state index contributed by atoms with van der Waals surface area (Å²) in [5.41, 5.74) is 1.02. The summed E-state index contributed by atoms with van der Waals surface area (Å²) in [6, 6.07) is 6.58. The minimum Gasteiger partial charge on any atom is -0.410 e. The van der Waals surface area contributed by atoms with Crippen LogP contribution >= 0.6 is 0 Å². The molecule has 0 bridgehead atoms. The average molecular weight is 280 g/mol. The maximum absolute atomic E-state index is 13.0. The zero-order valence-electron chi connectivity index (χ0n) is 12.7. The second kappa shape index (κ2) is 6.01. The highest BCUT2D eigenvalue weighted by molar-refractivity contribution is 6.74. The molecule has 0 aliphatic rings. The highest BCUT2D eigenvalue weighted by atomic mass is 28.4. The molecule has 0 saturated heterocycles. The molecule has 0 aromatic heterocycles. The predicted molar refractivity (Wildman–Crippen MR) is 82.2 cm³/mol. The van der Waals surface area contributed by atoms with Crippen molar-refractivity contribution in [3.63, 3.8) is 0 Å². The molecule has 1 rings (SSSR count). The van der Waals surface area contributed by atoms with Crippen LogP contribution in [0, 0.1) is 5.82 Å². The Balaban J connectivity index is 2.96. The zero-order valence-corrected chi connectivity index (χ0v) is 13.7. The SMILES string of the molecule is C=CC[C@H](O[Si](C)(C)C(C)(C)C)c1ccc(F)cc1. The third-order valence-electron chi connectivity index (χ3n) is 3.87. The highest BCUT2D eigenvalue weighted by Gasteiger charge is 2.39. The lowest BCUT2D eigenvalue weighted by Crippen LogP contribution is -2.41. The maximum Gasteiger partial charge on any atom is 0.192 e. The topological polar surface area (TPSA) is 9.23 Å². The summed E-state index contributed by atoms with van der Waals surface area (Å²) in [7, 11) is -1.84. The molecule has 1 aromatic rings. The molecule has 0 amide bonds. The zero-order chi connectivity index (χ0) is 14.7. The van der Waals surface area contributed by atoms with Gasteiger partial charge in [0, 0.05) is 0 Å². The van der Waals surface area contributed by atoms with E-state index in [-0.39, 0.29) is 17.0 Å². The molecule has 1 nitrogen and oxygen atoms in total. The summed E-state index contributed by atoms with van der Waals surface area (Å²) in [6.07, 6.45) is 2.58. The van der Waals surface area contributed by atoms with Gasteiger partial charge in [0.1, 0.15) is 5.82 Å². The standard InChI is InChI=1S/C16H25FOSi/c1-7-8-15(13-9-11-14(17)12-10-13)18-19(5,6)16(2,3)4/h7,9-12,15H,1,8H2,2-6H3/t15-/m0/s1. The molecule has 0 saturated carbocycles. The van der Waals surface area contributed by atoms with Crippen molar-refractivity contribution in [2.75, 3.05) is 0 Å². The lowest BCUT2D eigenvalue weighted by molar-refractivity contribution is 0.186. The van der Waals surface area contributed by atoms with Gasteiger partial charge in [-0.3, -0.25) is 0 Å². The van der Waals surface area contributed by atoms with E-state index in [4.69, 9.17) is 4.43 Å². The van der Waals surface area contributed by atoms with E-state index in [0.29, 0.717) is 0 Å². The van der Waals surface area contributed by atoms with Gasteiger partial charge in [-0.25, -0.2) is 4.39 Å². The lowest BCUT2D eigenvalue weighted by atomic mass is 10.1. The summed E-state index contributed by atoms with van der Waals surface area (Å²) < 4.78 is 19.4. The molecule has 0 spiro atoms. The Morgan fingerprint density at radius 3 is 2.21 bits per heavy atom. The van der Waals surface area contributed by atoms with Crippen LogP contribution in [-0.2, 0) is 4.43 Å². The van der Waals surface area contributed by atoms with E-state index < -0.39 is 8.32 Å². The van der Waals surface area contributed by atoms with Gasteiger partial charge in [0.25, 0.3) is 0 Å². The third-order valence-corrected chi connectivity index (χ3v) is 8.35. The monoisotopic (exact) mass is 280 g/mol. The molecule has 0 radical (unpaired) electrons. The number of hydrogen-bond acceptors (Lipinski definition) is 1. The van der Waals surface area contributed by atoms with Crippen molar-refractivity contribution < 1.29 is 8.82 Å². The van der Waals surface area contributed by atoms with Crippen molar-refractivity contribution >= 4 is 8.32 Å². The van der Waals surface area contributed by atoms with Gasteiger partial charge in [-0.1, -0.05) is 39.0 Å². The van der Waals surface area contributed by atoms with E-state index in [0.717, 1.165) is 12.0 Å². The van der Waals surface area contributed by atoms with Crippen LogP contribution in [0.5, 0.6) is 0 Å². The van der Waals surface area contributed by atoms with Crippen molar-refractivity contribution in [1.29, 1.82) is 0 Å². The first-order valence-corrected chi connectivity index (χ1v) is 9.62. The first-order valence-electron chi connectivity index (χ1n) is 6.71. The van der Waals surface area contributed by atoms with Crippen LogP contribution in [0.1, 0.15) is 38.9 Å². The number of rotatable bonds is 5. The van der Waals surface area contributed by atoms with Crippen LogP contribution in [0.4, 0.5) is 4.39 Å². The molecule has 1 atom stereocenters. The number of benzene rings is 1. The molecule has 0 unspecified atom stereocenters. The minimum atomic E-state index is -1.84. The Hall–Kier alpha value is -0.933. The highest BCUT2D eigenvalue weighted by Crippen LogP contribution is 2.40. The third kappa shape index (κ3) is 4.29. The number of hydrogen-bond donors (Lipinski definition) is 0. The van der Waals surface area contributed by atoms with E-state index in [1.54, 1.807) is 12.1 Å². The van der Waals surface area contributed by atoms with Crippen molar-refractivity contribution in [1.82, 2.24) is 0 Å². The van der Waals surface area contributed by atoms with Crippen molar-refractivity contribution in [3.8, 4) is 0 Å². The summed E-state index contributed by atoms with van der Waals surface area (Å²) >= 11 is 0. The predicted octanol–water partition coefficient (Wildman–Crippen LogP) is 5.46. The molecule has 3 heteroatoms. The van der Waals surface area contributed by atoms with Crippen molar-refractivity contribution in [3.05, 3.63) is 48.3 Å². The van der Waals surface area contributed by atoms with Crippen LogP contribution < -0.4 is 0 Å². The summed E-state index contributed by atoms with van der Waals surface area (Å²) in [5, 5.41) is 0.159. The molecular formula is C16H25FOSi. The molecule has 0 heterocycles. The summed E-state index contributed by atoms with van der Waals surface area (Å²) in [5.74, 6) is -0.214. The van der Waals surface area contributed by atoms with E-state index in [1.165, 1.54) is 12.1 Å². The number of halogens is 1. The van der Waals surface area contributed by atoms with Gasteiger partial charge in [-0.2, -0.15) is 0 Å². The van der Waals surface area contributed by atoms with E-state index in [2.05, 4.69) is 40.4 Å². The molecule has 0 N–H and O–H groups in total. The molecule has 1 aromatic carbocycles. The Morgan fingerprint density at radius 1 is 1.26 bits per heavy atom. The average Bonchev–Trinajstić information content (AvgIpc) is 2.27. The van der Waals surface area contributed by atoms with Gasteiger partial charge in [0.2, 0.25) is 0 Å². The van der Waals surface area contributed by atoms with Crippen molar-refractivity contribution in [2.45, 2.75) is 51.4 Å². The van der Waals surface area contributed by atoms with Gasteiger partial charge in [0.05, 0.1) is 6.10 Å². The Kier molecular flexibility index (Phi) is 5.10.